The summed E-state index contributed by atoms with van der Waals surface area (Å²) in [6.07, 6.45) is 0.909. The van der Waals surface area contributed by atoms with Crippen molar-refractivity contribution < 1.29 is 28.6 Å². The van der Waals surface area contributed by atoms with Crippen LogP contribution in [-0.2, 0) is 22.6 Å². The van der Waals surface area contributed by atoms with Crippen molar-refractivity contribution >= 4 is 40.2 Å². The van der Waals surface area contributed by atoms with Crippen LogP contribution in [-0.4, -0.2) is 66.6 Å². The van der Waals surface area contributed by atoms with E-state index in [9.17, 15) is 14.4 Å². The number of halogens is 1. The first-order valence-corrected chi connectivity index (χ1v) is 15.6. The van der Waals surface area contributed by atoms with Crippen LogP contribution in [0.4, 0.5) is 0 Å². The normalized spacial score (nSPS) is 19.0. The number of nitrogens with one attached hydrogen (secondary N) is 2. The number of carbonyl (C=O) groups is 3. The molecule has 4 aromatic rings. The molecule has 11 heteroatoms. The maximum atomic E-state index is 14.0. The molecule has 0 saturated carbocycles. The van der Waals surface area contributed by atoms with Gasteiger partial charge in [-0.05, 0) is 60.9 Å². The van der Waals surface area contributed by atoms with Gasteiger partial charge in [-0.1, -0.05) is 41.9 Å². The summed E-state index contributed by atoms with van der Waals surface area (Å²) in [4.78, 5) is 46.0. The van der Waals surface area contributed by atoms with E-state index in [-0.39, 0.29) is 30.9 Å². The van der Waals surface area contributed by atoms with Gasteiger partial charge in [0.15, 0.2) is 18.1 Å². The molecule has 1 aromatic heterocycles. The second-order valence-corrected chi connectivity index (χ2v) is 11.9. The van der Waals surface area contributed by atoms with Gasteiger partial charge in [0, 0.05) is 43.6 Å². The number of aromatic nitrogens is 1. The predicted octanol–water partition coefficient (Wildman–Crippen LogP) is 4.62. The van der Waals surface area contributed by atoms with Gasteiger partial charge in [-0.25, -0.2) is 0 Å². The zero-order valence-electron chi connectivity index (χ0n) is 25.7. The van der Waals surface area contributed by atoms with E-state index in [4.69, 9.17) is 25.8 Å². The predicted molar refractivity (Wildman–Crippen MR) is 173 cm³/mol. The molecule has 3 aromatic carbocycles. The van der Waals surface area contributed by atoms with Gasteiger partial charge in [-0.2, -0.15) is 0 Å². The maximum absolute atomic E-state index is 14.0. The van der Waals surface area contributed by atoms with E-state index < -0.39 is 12.1 Å². The number of likely N-dealkylation sites (tertiary alicyclic amines) is 1. The molecule has 46 heavy (non-hydrogen) atoms. The summed E-state index contributed by atoms with van der Waals surface area (Å²) in [6, 6.07) is 19.5. The molecule has 1 saturated heterocycles. The number of hydrogen-bond acceptors (Lipinski definition) is 7. The molecule has 2 N–H and O–H groups in total. The number of amides is 3. The van der Waals surface area contributed by atoms with E-state index in [1.165, 1.54) is 7.11 Å². The number of nitrogens with zero attached hydrogens (tertiary/aromatic N) is 2. The highest BCUT2D eigenvalue weighted by atomic mass is 35.5. The minimum absolute atomic E-state index is 0.0622. The number of piperidine rings is 1. The molecule has 10 nitrogen and oxygen atoms in total. The number of carbonyl (C=O) groups excluding carboxylic acids is 3. The molecule has 2 atom stereocenters. The third-order valence-electron chi connectivity index (χ3n) is 8.26. The second kappa shape index (κ2) is 13.7. The van der Waals surface area contributed by atoms with Gasteiger partial charge in [-0.3, -0.25) is 19.4 Å². The summed E-state index contributed by atoms with van der Waals surface area (Å²) in [6.45, 7) is 2.60. The van der Waals surface area contributed by atoms with Crippen LogP contribution in [0, 0.1) is 6.92 Å². The van der Waals surface area contributed by atoms with Crippen LogP contribution >= 0.6 is 11.6 Å². The number of methoxy groups -OCH3 is 1. The summed E-state index contributed by atoms with van der Waals surface area (Å²) in [5, 5.41) is 7.17. The lowest BCUT2D eigenvalue weighted by atomic mass is 9.99. The first-order valence-electron chi connectivity index (χ1n) is 15.2. The summed E-state index contributed by atoms with van der Waals surface area (Å²) in [5.41, 5.74) is 3.61. The number of rotatable bonds is 2. The van der Waals surface area contributed by atoms with E-state index in [1.807, 2.05) is 49.4 Å². The Balaban J connectivity index is 1.27. The van der Waals surface area contributed by atoms with Crippen LogP contribution in [0.25, 0.3) is 10.9 Å². The molecule has 0 aliphatic carbocycles. The highest BCUT2D eigenvalue weighted by Gasteiger charge is 2.35. The SMILES string of the molecule is COc1cc2ccc1OCC(=O)N[C@@H]1CN(C(=O)c3cc(C)nc4c(Cl)cccc34)CC[C@H]1Oc1ccc(cc1)CNC(=O)CC2. The molecule has 0 radical (unpaired) electrons. The van der Waals surface area contributed by atoms with E-state index in [1.54, 1.807) is 29.2 Å². The Hall–Kier alpha value is -4.83. The Kier molecular flexibility index (Phi) is 9.25. The van der Waals surface area contributed by atoms with E-state index in [2.05, 4.69) is 15.6 Å². The fraction of sp³-hybridized carbons (Fsp3) is 0.314. The van der Waals surface area contributed by atoms with Crippen LogP contribution in [0.15, 0.2) is 66.7 Å². The Bertz CT molecular complexity index is 1780. The molecule has 4 bridgehead atoms. The molecular formula is C35H35ClN4O6. The van der Waals surface area contributed by atoms with Crippen molar-refractivity contribution in [2.75, 3.05) is 26.8 Å². The first-order chi connectivity index (χ1) is 22.3. The quantitative estimate of drug-likeness (QED) is 0.327. The molecule has 6 heterocycles. The van der Waals surface area contributed by atoms with Crippen LogP contribution < -0.4 is 24.8 Å². The highest BCUT2D eigenvalue weighted by molar-refractivity contribution is 6.35. The first kappa shape index (κ1) is 31.2. The highest BCUT2D eigenvalue weighted by Crippen LogP contribution is 2.30. The van der Waals surface area contributed by atoms with Gasteiger partial charge in [0.2, 0.25) is 5.91 Å². The van der Waals surface area contributed by atoms with Gasteiger partial charge < -0.3 is 29.7 Å². The summed E-state index contributed by atoms with van der Waals surface area (Å²) >= 11 is 6.42. The zero-order valence-corrected chi connectivity index (χ0v) is 26.4. The Morgan fingerprint density at radius 2 is 1.83 bits per heavy atom. The molecule has 9 rings (SSSR count). The van der Waals surface area contributed by atoms with Crippen LogP contribution in [0.3, 0.4) is 0 Å². The van der Waals surface area contributed by atoms with Crippen LogP contribution in [0.2, 0.25) is 5.02 Å². The average molecular weight is 643 g/mol. The third kappa shape index (κ3) is 7.02. The van der Waals surface area contributed by atoms with Gasteiger partial charge in [0.1, 0.15) is 11.9 Å². The Morgan fingerprint density at radius 1 is 1.02 bits per heavy atom. The van der Waals surface area contributed by atoms with E-state index >= 15 is 0 Å². The van der Waals surface area contributed by atoms with E-state index in [0.29, 0.717) is 76.8 Å². The smallest absolute Gasteiger partial charge is 0.258 e. The van der Waals surface area contributed by atoms with Crippen molar-refractivity contribution in [3.05, 3.63) is 94.1 Å². The van der Waals surface area contributed by atoms with Crippen molar-refractivity contribution in [1.29, 1.82) is 0 Å². The van der Waals surface area contributed by atoms with Crippen molar-refractivity contribution in [2.45, 2.75) is 44.9 Å². The number of ether oxygens (including phenoxy) is 3. The second-order valence-electron chi connectivity index (χ2n) is 11.5. The average Bonchev–Trinajstić information content (AvgIpc) is 3.06. The lowest BCUT2D eigenvalue weighted by Gasteiger charge is -2.39. The standard InChI is InChI=1S/C35H35ClN4O6/c1-21-16-26(25-4-3-5-27(36)34(25)38-21)35(43)40-15-14-29-28(19-40)39-33(42)20-45-30-12-8-22(17-31(30)44-2)9-13-32(41)37-18-23-6-10-24(46-29)11-7-23/h3-8,10-12,16-17,28-29H,9,13-15,18-20H2,1-2H3,(H,37,41)(H,39,42)/t28-,29-/m1/s1. The van der Waals surface area contributed by atoms with E-state index in [0.717, 1.165) is 11.1 Å². The lowest BCUT2D eigenvalue weighted by molar-refractivity contribution is -0.125. The van der Waals surface area contributed by atoms with Crippen LogP contribution in [0.1, 0.15) is 40.0 Å². The third-order valence-corrected chi connectivity index (χ3v) is 8.56. The van der Waals surface area contributed by atoms with Gasteiger partial charge >= 0.3 is 0 Å². The van der Waals surface area contributed by atoms with Crippen molar-refractivity contribution in [3.8, 4) is 17.2 Å². The number of aryl methyl sites for hydroxylation is 2. The maximum Gasteiger partial charge on any atom is 0.258 e. The van der Waals surface area contributed by atoms with Gasteiger partial charge in [-0.15, -0.1) is 0 Å². The topological polar surface area (TPSA) is 119 Å². The largest absolute Gasteiger partial charge is 0.493 e. The van der Waals surface area contributed by atoms with Crippen LogP contribution in [0.5, 0.6) is 17.2 Å². The fourth-order valence-corrected chi connectivity index (χ4v) is 6.09. The molecule has 3 amide bonds. The fourth-order valence-electron chi connectivity index (χ4n) is 5.87. The number of pyridine rings is 1. The molecule has 0 unspecified atom stereocenters. The van der Waals surface area contributed by atoms with Crippen molar-refractivity contribution in [3.63, 3.8) is 0 Å². The monoisotopic (exact) mass is 642 g/mol. The number of benzene rings is 3. The Morgan fingerprint density at radius 3 is 2.63 bits per heavy atom. The molecule has 238 valence electrons. The minimum atomic E-state index is -0.527. The number of fused-ring (bicyclic) bond motifs is 1. The molecular weight excluding hydrogens is 608 g/mol. The van der Waals surface area contributed by atoms with Crippen molar-refractivity contribution in [1.82, 2.24) is 20.5 Å². The summed E-state index contributed by atoms with van der Waals surface area (Å²) in [5.74, 6) is 0.899. The molecule has 1 fully saturated rings. The number of para-hydroxylation sites is 1. The minimum Gasteiger partial charge on any atom is -0.493 e. The molecule has 5 aliphatic rings. The molecule has 0 spiro atoms. The van der Waals surface area contributed by atoms with Crippen molar-refractivity contribution in [2.24, 2.45) is 0 Å². The van der Waals surface area contributed by atoms with Gasteiger partial charge in [0.05, 0.1) is 29.3 Å². The molecule has 5 aliphatic heterocycles. The summed E-state index contributed by atoms with van der Waals surface area (Å²) < 4.78 is 17.7. The lowest BCUT2D eigenvalue weighted by Crippen LogP contribution is -2.58. The zero-order chi connectivity index (χ0) is 32.2. The number of hydrogen-bond donors (Lipinski definition) is 2. The van der Waals surface area contributed by atoms with Gasteiger partial charge in [0.25, 0.3) is 11.8 Å². The summed E-state index contributed by atoms with van der Waals surface area (Å²) in [7, 11) is 1.53. The Labute approximate surface area is 272 Å².